The molecule has 0 N–H and O–H groups in total. The molecular formula is C13H16O4. The third-order valence-electron chi connectivity index (χ3n) is 2.67. The van der Waals surface area contributed by atoms with Crippen molar-refractivity contribution in [2.75, 3.05) is 14.2 Å². The lowest BCUT2D eigenvalue weighted by atomic mass is 9.94. The molecule has 1 aromatic carbocycles. The number of ether oxygens (including phenoxy) is 2. The molecule has 0 spiro atoms. The van der Waals surface area contributed by atoms with Crippen LogP contribution >= 0.6 is 0 Å². The van der Waals surface area contributed by atoms with Crippen molar-refractivity contribution < 1.29 is 19.1 Å². The number of benzene rings is 1. The minimum Gasteiger partial charge on any atom is -0.465 e. The zero-order valence-corrected chi connectivity index (χ0v) is 10.5. The first-order valence-corrected chi connectivity index (χ1v) is 5.35. The monoisotopic (exact) mass is 236 g/mol. The molecule has 4 heteroatoms. The fourth-order valence-corrected chi connectivity index (χ4v) is 1.82. The number of esters is 2. The van der Waals surface area contributed by atoms with Crippen molar-refractivity contribution in [1.29, 1.82) is 0 Å². The summed E-state index contributed by atoms with van der Waals surface area (Å²) in [7, 11) is 2.64. The smallest absolute Gasteiger partial charge is 0.338 e. The lowest BCUT2D eigenvalue weighted by Crippen LogP contribution is -2.14. The van der Waals surface area contributed by atoms with Gasteiger partial charge in [0.25, 0.3) is 0 Å². The molecule has 92 valence electrons. The first kappa shape index (κ1) is 13.2. The van der Waals surface area contributed by atoms with Crippen LogP contribution in [0.5, 0.6) is 0 Å². The van der Waals surface area contributed by atoms with Crippen LogP contribution in [0.3, 0.4) is 0 Å². The van der Waals surface area contributed by atoms with Gasteiger partial charge in [-0.2, -0.15) is 0 Å². The molecule has 0 aliphatic heterocycles. The quantitative estimate of drug-likeness (QED) is 0.754. The Hall–Kier alpha value is -1.84. The molecule has 0 heterocycles. The highest BCUT2D eigenvalue weighted by Gasteiger charge is 2.20. The molecule has 0 aliphatic rings. The minimum absolute atomic E-state index is 0.418. The highest BCUT2D eigenvalue weighted by molar-refractivity contribution is 5.99. The van der Waals surface area contributed by atoms with Gasteiger partial charge in [0, 0.05) is 0 Å². The van der Waals surface area contributed by atoms with Crippen molar-refractivity contribution in [2.45, 2.75) is 20.3 Å². The van der Waals surface area contributed by atoms with Crippen molar-refractivity contribution in [2.24, 2.45) is 0 Å². The van der Waals surface area contributed by atoms with E-state index in [0.717, 1.165) is 5.56 Å². The highest BCUT2D eigenvalue weighted by Crippen LogP contribution is 2.21. The van der Waals surface area contributed by atoms with Crippen LogP contribution in [0.2, 0.25) is 0 Å². The Morgan fingerprint density at radius 2 is 1.71 bits per heavy atom. The summed E-state index contributed by atoms with van der Waals surface area (Å²) < 4.78 is 9.43. The van der Waals surface area contributed by atoms with Gasteiger partial charge in [0.15, 0.2) is 0 Å². The van der Waals surface area contributed by atoms with Gasteiger partial charge in [-0.1, -0.05) is 13.0 Å². The first-order valence-electron chi connectivity index (χ1n) is 5.35. The lowest BCUT2D eigenvalue weighted by molar-refractivity contribution is 0.0596. The second-order valence-corrected chi connectivity index (χ2v) is 3.62. The maximum atomic E-state index is 11.7. The zero-order valence-electron chi connectivity index (χ0n) is 10.5. The number of methoxy groups -OCH3 is 2. The van der Waals surface area contributed by atoms with E-state index in [2.05, 4.69) is 0 Å². The van der Waals surface area contributed by atoms with Crippen LogP contribution in [0.1, 0.15) is 38.8 Å². The SMILES string of the molecule is CCc1c(C(=O)OC)ccc(C)c1C(=O)OC. The zero-order chi connectivity index (χ0) is 13.0. The predicted octanol–water partition coefficient (Wildman–Crippen LogP) is 2.13. The normalized spacial score (nSPS) is 9.88. The van der Waals surface area contributed by atoms with Crippen molar-refractivity contribution in [1.82, 2.24) is 0 Å². The number of carbonyl (C=O) groups is 2. The van der Waals surface area contributed by atoms with Crippen LogP contribution < -0.4 is 0 Å². The summed E-state index contributed by atoms with van der Waals surface area (Å²) in [5.41, 5.74) is 2.34. The fraction of sp³-hybridized carbons (Fsp3) is 0.385. The molecule has 0 atom stereocenters. The third kappa shape index (κ3) is 2.46. The molecule has 0 radical (unpaired) electrons. The Balaban J connectivity index is 3.46. The number of aryl methyl sites for hydroxylation is 1. The predicted molar refractivity (Wildman–Crippen MR) is 63.2 cm³/mol. The van der Waals surface area contributed by atoms with Crippen molar-refractivity contribution >= 4 is 11.9 Å². The van der Waals surface area contributed by atoms with E-state index in [1.54, 1.807) is 12.1 Å². The van der Waals surface area contributed by atoms with E-state index in [1.165, 1.54) is 14.2 Å². The van der Waals surface area contributed by atoms with Gasteiger partial charge in [0.05, 0.1) is 25.3 Å². The van der Waals surface area contributed by atoms with E-state index in [4.69, 9.17) is 9.47 Å². The van der Waals surface area contributed by atoms with Crippen LogP contribution in [-0.2, 0) is 15.9 Å². The van der Waals surface area contributed by atoms with Gasteiger partial charge in [-0.3, -0.25) is 0 Å². The largest absolute Gasteiger partial charge is 0.465 e. The Morgan fingerprint density at radius 1 is 1.12 bits per heavy atom. The van der Waals surface area contributed by atoms with Gasteiger partial charge in [-0.05, 0) is 30.5 Å². The van der Waals surface area contributed by atoms with Gasteiger partial charge in [-0.15, -0.1) is 0 Å². The Labute approximate surface area is 101 Å². The van der Waals surface area contributed by atoms with E-state index >= 15 is 0 Å². The topological polar surface area (TPSA) is 52.6 Å². The van der Waals surface area contributed by atoms with Crippen LogP contribution in [-0.4, -0.2) is 26.2 Å². The summed E-state index contributed by atoms with van der Waals surface area (Å²) in [6.07, 6.45) is 0.566. The second-order valence-electron chi connectivity index (χ2n) is 3.62. The molecule has 4 nitrogen and oxygen atoms in total. The average Bonchev–Trinajstić information content (AvgIpc) is 2.36. The van der Waals surface area contributed by atoms with Gasteiger partial charge in [0.2, 0.25) is 0 Å². The summed E-state index contributed by atoms with van der Waals surface area (Å²) in [5.74, 6) is -0.864. The highest BCUT2D eigenvalue weighted by atomic mass is 16.5. The Kier molecular flexibility index (Phi) is 4.26. The minimum atomic E-state index is -0.438. The van der Waals surface area contributed by atoms with E-state index in [1.807, 2.05) is 13.8 Å². The molecule has 17 heavy (non-hydrogen) atoms. The summed E-state index contributed by atoms with van der Waals surface area (Å²) in [5, 5.41) is 0. The molecule has 0 unspecified atom stereocenters. The molecule has 0 aromatic heterocycles. The van der Waals surface area contributed by atoms with E-state index < -0.39 is 11.9 Å². The maximum Gasteiger partial charge on any atom is 0.338 e. The van der Waals surface area contributed by atoms with Crippen LogP contribution in [0.15, 0.2) is 12.1 Å². The van der Waals surface area contributed by atoms with E-state index in [-0.39, 0.29) is 0 Å². The van der Waals surface area contributed by atoms with E-state index in [0.29, 0.717) is 23.1 Å². The Bertz CT molecular complexity index is 449. The molecule has 0 aliphatic carbocycles. The lowest BCUT2D eigenvalue weighted by Gasteiger charge is -2.13. The second kappa shape index (κ2) is 5.48. The number of rotatable bonds is 3. The molecule has 0 saturated heterocycles. The standard InChI is InChI=1S/C13H16O4/c1-5-9-10(12(14)16-3)7-6-8(2)11(9)13(15)17-4/h6-7H,5H2,1-4H3. The summed E-state index contributed by atoms with van der Waals surface area (Å²) in [6.45, 7) is 3.69. The van der Waals surface area contributed by atoms with Gasteiger partial charge >= 0.3 is 11.9 Å². The first-order chi connectivity index (χ1) is 8.06. The van der Waals surface area contributed by atoms with Gasteiger partial charge in [0.1, 0.15) is 0 Å². The van der Waals surface area contributed by atoms with Crippen LogP contribution in [0.4, 0.5) is 0 Å². The van der Waals surface area contributed by atoms with Crippen molar-refractivity contribution in [3.8, 4) is 0 Å². The third-order valence-corrected chi connectivity index (χ3v) is 2.67. The average molecular weight is 236 g/mol. The molecule has 0 fully saturated rings. The van der Waals surface area contributed by atoms with Crippen LogP contribution in [0.25, 0.3) is 0 Å². The van der Waals surface area contributed by atoms with E-state index in [9.17, 15) is 9.59 Å². The molecule has 0 bridgehead atoms. The number of carbonyl (C=O) groups excluding carboxylic acids is 2. The molecule has 0 amide bonds. The summed E-state index contributed by atoms with van der Waals surface area (Å²) >= 11 is 0. The molecule has 1 aromatic rings. The van der Waals surface area contributed by atoms with Crippen molar-refractivity contribution in [3.63, 3.8) is 0 Å². The summed E-state index contributed by atoms with van der Waals surface area (Å²) in [4.78, 5) is 23.3. The fourth-order valence-electron chi connectivity index (χ4n) is 1.82. The number of hydrogen-bond donors (Lipinski definition) is 0. The summed E-state index contributed by atoms with van der Waals surface area (Å²) in [6, 6.07) is 3.39. The molecule has 1 rings (SSSR count). The van der Waals surface area contributed by atoms with Gasteiger partial charge < -0.3 is 9.47 Å². The maximum absolute atomic E-state index is 11.7. The van der Waals surface area contributed by atoms with Crippen LogP contribution in [0, 0.1) is 6.92 Å². The molecular weight excluding hydrogens is 220 g/mol. The Morgan fingerprint density at radius 3 is 2.18 bits per heavy atom. The van der Waals surface area contributed by atoms with Gasteiger partial charge in [-0.25, -0.2) is 9.59 Å². The van der Waals surface area contributed by atoms with Crippen molar-refractivity contribution in [3.05, 3.63) is 34.4 Å². The number of hydrogen-bond acceptors (Lipinski definition) is 4. The molecule has 0 saturated carbocycles.